The second kappa shape index (κ2) is 5.21. The van der Waals surface area contributed by atoms with Crippen molar-refractivity contribution in [2.24, 2.45) is 5.10 Å². The first-order chi connectivity index (χ1) is 12.6. The molecule has 26 heavy (non-hydrogen) atoms. The minimum atomic E-state index is -0.408. The summed E-state index contributed by atoms with van der Waals surface area (Å²) < 4.78 is 2.19. The number of nitrogens with zero attached hydrogens (tertiary/aromatic N) is 4. The number of carbonyl (C=O) groups excluding carboxylic acids is 1. The Morgan fingerprint density at radius 1 is 1.19 bits per heavy atom. The van der Waals surface area contributed by atoms with Gasteiger partial charge in [-0.1, -0.05) is 29.5 Å². The van der Waals surface area contributed by atoms with E-state index in [9.17, 15) is 9.59 Å². The van der Waals surface area contributed by atoms with E-state index in [1.165, 1.54) is 11.3 Å². The highest BCUT2D eigenvalue weighted by Gasteiger charge is 2.46. The van der Waals surface area contributed by atoms with Crippen LogP contribution < -0.4 is 20.3 Å². The second-order valence-corrected chi connectivity index (χ2v) is 7.47. The van der Waals surface area contributed by atoms with E-state index >= 15 is 0 Å². The van der Waals surface area contributed by atoms with Crippen LogP contribution in [0.5, 0.6) is 0 Å². The summed E-state index contributed by atoms with van der Waals surface area (Å²) in [5.74, 6) is 0. The topological polar surface area (TPSA) is 85.7 Å². The molecule has 3 aromatic rings. The molecule has 2 N–H and O–H groups in total. The Hall–Kier alpha value is -3.07. The summed E-state index contributed by atoms with van der Waals surface area (Å²) in [6.45, 7) is 0. The van der Waals surface area contributed by atoms with Crippen LogP contribution in [0.25, 0.3) is 17.0 Å². The summed E-state index contributed by atoms with van der Waals surface area (Å²) in [5, 5.41) is 5.37. The summed E-state index contributed by atoms with van der Waals surface area (Å²) in [6.07, 6.45) is 3.01. The molecule has 5 rings (SSSR count). The van der Waals surface area contributed by atoms with Gasteiger partial charge in [-0.2, -0.15) is 0 Å². The molecule has 1 saturated heterocycles. The van der Waals surface area contributed by atoms with Gasteiger partial charge >= 0.3 is 6.03 Å². The Kier molecular flexibility index (Phi) is 3.05. The average Bonchev–Trinajstić information content (AvgIpc) is 3.27. The number of likely N-dealkylation sites (N-methyl/N-ethyl adjacent to an activating group) is 2. The minimum Gasteiger partial charge on any atom is -0.361 e. The zero-order chi connectivity index (χ0) is 18.0. The lowest BCUT2D eigenvalue weighted by Gasteiger charge is -2.27. The number of fused-ring (bicyclic) bond motifs is 4. The zero-order valence-corrected chi connectivity index (χ0v) is 14.9. The molecular weight excluding hydrogens is 352 g/mol. The number of H-pyrrole nitrogens is 1. The van der Waals surface area contributed by atoms with Crippen molar-refractivity contribution in [2.45, 2.75) is 12.3 Å². The lowest BCUT2D eigenvalue weighted by atomic mass is 10.2. The van der Waals surface area contributed by atoms with Crippen molar-refractivity contribution in [1.29, 1.82) is 0 Å². The number of nitrogens with one attached hydrogen (secondary N) is 2. The summed E-state index contributed by atoms with van der Waals surface area (Å²) in [6, 6.07) is 7.81. The highest BCUT2D eigenvalue weighted by molar-refractivity contribution is 7.07. The number of aromatic nitrogens is 2. The molecule has 132 valence electrons. The number of aromatic amines is 1. The van der Waals surface area contributed by atoms with Crippen LogP contribution in [0.3, 0.4) is 0 Å². The number of carbonyl (C=O) groups is 1. The van der Waals surface area contributed by atoms with E-state index in [4.69, 9.17) is 0 Å². The fourth-order valence-corrected chi connectivity index (χ4v) is 4.59. The summed E-state index contributed by atoms with van der Waals surface area (Å²) in [5.41, 5.74) is 4.84. The highest BCUT2D eigenvalue weighted by atomic mass is 32.1. The quantitative estimate of drug-likeness (QED) is 0.643. The molecule has 2 aromatic heterocycles. The molecule has 9 heteroatoms. The van der Waals surface area contributed by atoms with Gasteiger partial charge in [0, 0.05) is 36.8 Å². The predicted molar refractivity (Wildman–Crippen MR) is 98.1 cm³/mol. The van der Waals surface area contributed by atoms with Crippen LogP contribution in [-0.2, 0) is 0 Å². The first kappa shape index (κ1) is 15.2. The van der Waals surface area contributed by atoms with Crippen LogP contribution in [0, 0.1) is 0 Å². The molecule has 2 aliphatic heterocycles. The fraction of sp³-hybridized carbons (Fsp3) is 0.235. The van der Waals surface area contributed by atoms with Crippen LogP contribution in [-0.4, -0.2) is 45.6 Å². The number of para-hydroxylation sites is 1. The highest BCUT2D eigenvalue weighted by Crippen LogP contribution is 2.26. The molecule has 2 unspecified atom stereocenters. The van der Waals surface area contributed by atoms with Crippen molar-refractivity contribution in [3.05, 3.63) is 55.7 Å². The van der Waals surface area contributed by atoms with E-state index in [2.05, 4.69) is 15.5 Å². The van der Waals surface area contributed by atoms with Gasteiger partial charge in [-0.05, 0) is 12.1 Å². The van der Waals surface area contributed by atoms with Gasteiger partial charge in [-0.3, -0.25) is 14.8 Å². The van der Waals surface area contributed by atoms with Crippen molar-refractivity contribution in [1.82, 2.24) is 24.8 Å². The molecule has 0 aliphatic carbocycles. The molecule has 1 fully saturated rings. The van der Waals surface area contributed by atoms with E-state index in [1.807, 2.05) is 36.5 Å². The Bertz CT molecular complexity index is 1220. The molecule has 2 amide bonds. The lowest BCUT2D eigenvalue weighted by Crippen LogP contribution is -2.52. The Morgan fingerprint density at radius 2 is 2.00 bits per heavy atom. The van der Waals surface area contributed by atoms with Gasteiger partial charge < -0.3 is 14.8 Å². The van der Waals surface area contributed by atoms with Crippen LogP contribution in [0.15, 0.2) is 40.4 Å². The standard InChI is InChI=1S/C17H16N6O2S/c1-21-13-14(22(2)17(21)25)23-15(24)12(26-16(23)20-19-13)7-9-8-18-11-6-4-3-5-10(9)11/h3-8,13-14,18-19H,1-2H3/b12-7-. The van der Waals surface area contributed by atoms with Crippen molar-refractivity contribution in [3.8, 4) is 0 Å². The van der Waals surface area contributed by atoms with Crippen molar-refractivity contribution < 1.29 is 4.79 Å². The predicted octanol–water partition coefficient (Wildman–Crippen LogP) is 0.180. The third-order valence-corrected chi connectivity index (χ3v) is 5.98. The van der Waals surface area contributed by atoms with Crippen LogP contribution in [0.4, 0.5) is 4.79 Å². The molecule has 2 aliphatic rings. The first-order valence-corrected chi connectivity index (χ1v) is 9.00. The fourth-order valence-electron chi connectivity index (χ4n) is 3.63. The van der Waals surface area contributed by atoms with Crippen LogP contribution in [0.1, 0.15) is 11.7 Å². The van der Waals surface area contributed by atoms with E-state index in [1.54, 1.807) is 28.5 Å². The van der Waals surface area contributed by atoms with Crippen LogP contribution >= 0.6 is 11.3 Å². The normalized spacial score (nSPS) is 22.4. The summed E-state index contributed by atoms with van der Waals surface area (Å²) in [7, 11) is 3.40. The van der Waals surface area contributed by atoms with E-state index in [0.29, 0.717) is 9.33 Å². The molecule has 1 aromatic carbocycles. The molecule has 8 nitrogen and oxygen atoms in total. The molecule has 0 saturated carbocycles. The van der Waals surface area contributed by atoms with Gasteiger partial charge in [0.05, 0.1) is 4.53 Å². The van der Waals surface area contributed by atoms with Gasteiger partial charge in [0.15, 0.2) is 12.3 Å². The maximum absolute atomic E-state index is 13.1. The smallest absolute Gasteiger partial charge is 0.323 e. The third kappa shape index (κ3) is 1.91. The number of hydrogen-bond donors (Lipinski definition) is 2. The third-order valence-electron chi connectivity index (χ3n) is 5.00. The van der Waals surface area contributed by atoms with Gasteiger partial charge in [-0.25, -0.2) is 4.79 Å². The number of rotatable bonds is 1. The Morgan fingerprint density at radius 3 is 2.85 bits per heavy atom. The van der Waals surface area contributed by atoms with Crippen molar-refractivity contribution in [2.75, 3.05) is 14.1 Å². The number of benzene rings is 1. The van der Waals surface area contributed by atoms with Gasteiger partial charge in [-0.15, -0.1) is 5.10 Å². The lowest BCUT2D eigenvalue weighted by molar-refractivity contribution is 0.171. The zero-order valence-electron chi connectivity index (χ0n) is 14.1. The first-order valence-electron chi connectivity index (χ1n) is 8.18. The Labute approximate surface area is 151 Å². The molecule has 0 spiro atoms. The average molecular weight is 368 g/mol. The van der Waals surface area contributed by atoms with Crippen molar-refractivity contribution in [3.63, 3.8) is 0 Å². The molecule has 2 atom stereocenters. The van der Waals surface area contributed by atoms with Crippen LogP contribution in [0.2, 0.25) is 0 Å². The van der Waals surface area contributed by atoms with E-state index in [-0.39, 0.29) is 17.8 Å². The second-order valence-electron chi connectivity index (χ2n) is 6.46. The van der Waals surface area contributed by atoms with Crippen molar-refractivity contribution >= 4 is 34.3 Å². The molecule has 0 radical (unpaired) electrons. The molecule has 0 bridgehead atoms. The van der Waals surface area contributed by atoms with Gasteiger partial charge in [0.1, 0.15) is 0 Å². The number of thiazole rings is 1. The van der Waals surface area contributed by atoms with E-state index < -0.39 is 6.17 Å². The minimum absolute atomic E-state index is 0.134. The largest absolute Gasteiger partial charge is 0.361 e. The Balaban J connectivity index is 1.70. The maximum Gasteiger partial charge on any atom is 0.323 e. The number of amides is 2. The molecule has 4 heterocycles. The monoisotopic (exact) mass is 368 g/mol. The van der Waals surface area contributed by atoms with E-state index in [0.717, 1.165) is 16.5 Å². The SMILES string of the molecule is CN1C(=O)N(C)C2C1NN=c1s/c(=C\c3c[nH]c4ccccc34)c(=O)n12. The number of hydrogen-bond acceptors (Lipinski definition) is 5. The van der Waals surface area contributed by atoms with Gasteiger partial charge in [0.2, 0.25) is 4.80 Å². The summed E-state index contributed by atoms with van der Waals surface area (Å²) in [4.78, 5) is 32.2. The molecular formula is C17H16N6O2S. The van der Waals surface area contributed by atoms with Gasteiger partial charge in [0.25, 0.3) is 5.56 Å². The summed E-state index contributed by atoms with van der Waals surface area (Å²) >= 11 is 1.32. The number of urea groups is 1. The maximum atomic E-state index is 13.1.